The Balaban J connectivity index is 2.58. The minimum absolute atomic E-state index is 0.0182. The third-order valence-electron chi connectivity index (χ3n) is 2.67. The van der Waals surface area contributed by atoms with Crippen molar-refractivity contribution in [2.24, 2.45) is 0 Å². The molecule has 0 aliphatic rings. The summed E-state index contributed by atoms with van der Waals surface area (Å²) in [6.45, 7) is 0. The lowest BCUT2D eigenvalue weighted by atomic mass is 10.0. The van der Waals surface area contributed by atoms with Crippen molar-refractivity contribution >= 4 is 17.6 Å². The quantitative estimate of drug-likeness (QED) is 0.664. The lowest BCUT2D eigenvalue weighted by molar-refractivity contribution is -0.139. The molecule has 110 valence electrons. The van der Waals surface area contributed by atoms with E-state index >= 15 is 0 Å². The van der Waals surface area contributed by atoms with Crippen LogP contribution in [0.15, 0.2) is 30.5 Å². The molecular weight excluding hydrogens is 314 g/mol. The fourth-order valence-electron chi connectivity index (χ4n) is 1.68. The second-order valence-electron chi connectivity index (χ2n) is 4.06. The second-order valence-corrected chi connectivity index (χ2v) is 4.42. The number of carboxylic acids is 1. The minimum atomic E-state index is -4.85. The number of hydrogen-bond donors (Lipinski definition) is 1. The molecule has 0 bridgehead atoms. The van der Waals surface area contributed by atoms with Crippen molar-refractivity contribution in [1.82, 2.24) is 4.98 Å². The van der Waals surface area contributed by atoms with Gasteiger partial charge in [-0.2, -0.15) is 13.2 Å². The van der Waals surface area contributed by atoms with Crippen LogP contribution in [0.2, 0.25) is 5.15 Å². The van der Waals surface area contributed by atoms with Crippen LogP contribution in [-0.4, -0.2) is 16.1 Å². The van der Waals surface area contributed by atoms with Crippen LogP contribution in [0.5, 0.6) is 0 Å². The predicted octanol–water partition coefficient (Wildman–Crippen LogP) is 4.26. The predicted molar refractivity (Wildman–Crippen MR) is 66.6 cm³/mol. The molecule has 0 unspecified atom stereocenters. The van der Waals surface area contributed by atoms with Crippen LogP contribution in [0.3, 0.4) is 0 Å². The average Bonchev–Trinajstić information content (AvgIpc) is 2.38. The number of nitrogens with zero attached hydrogens (tertiary/aromatic N) is 1. The summed E-state index contributed by atoms with van der Waals surface area (Å²) < 4.78 is 51.1. The van der Waals surface area contributed by atoms with Gasteiger partial charge in [0.15, 0.2) is 0 Å². The standard InChI is InChI=1S/C13H6ClF4NO2/c14-11-8(12(20)21)3-7(5-19-11)6-1-2-10(15)9(4-6)13(16,17)18/h1-5H,(H,20,21). The van der Waals surface area contributed by atoms with Crippen molar-refractivity contribution in [3.63, 3.8) is 0 Å². The molecule has 0 atom stereocenters. The maximum Gasteiger partial charge on any atom is 0.419 e. The summed E-state index contributed by atoms with van der Waals surface area (Å²) in [4.78, 5) is 14.5. The largest absolute Gasteiger partial charge is 0.478 e. The lowest BCUT2D eigenvalue weighted by Gasteiger charge is -2.10. The van der Waals surface area contributed by atoms with Crippen LogP contribution < -0.4 is 0 Å². The number of aromatic nitrogens is 1. The fourth-order valence-corrected chi connectivity index (χ4v) is 1.86. The van der Waals surface area contributed by atoms with Gasteiger partial charge in [-0.05, 0) is 23.8 Å². The molecule has 0 aliphatic carbocycles. The number of carboxylic acid groups (broad SMARTS) is 1. The normalized spacial score (nSPS) is 11.5. The van der Waals surface area contributed by atoms with Crippen molar-refractivity contribution in [2.75, 3.05) is 0 Å². The first-order valence-electron chi connectivity index (χ1n) is 5.46. The second kappa shape index (κ2) is 5.33. The fraction of sp³-hybridized carbons (Fsp3) is 0.0769. The summed E-state index contributed by atoms with van der Waals surface area (Å²) in [6.07, 6.45) is -3.74. The number of aromatic carboxylic acids is 1. The monoisotopic (exact) mass is 319 g/mol. The first-order chi connectivity index (χ1) is 9.70. The van der Waals surface area contributed by atoms with E-state index in [2.05, 4.69) is 4.98 Å². The highest BCUT2D eigenvalue weighted by Gasteiger charge is 2.34. The van der Waals surface area contributed by atoms with Crippen molar-refractivity contribution in [3.8, 4) is 11.1 Å². The van der Waals surface area contributed by atoms with E-state index in [9.17, 15) is 22.4 Å². The van der Waals surface area contributed by atoms with Gasteiger partial charge in [0.2, 0.25) is 0 Å². The summed E-state index contributed by atoms with van der Waals surface area (Å²) in [6, 6.07) is 3.42. The summed E-state index contributed by atoms with van der Waals surface area (Å²) in [5, 5.41) is 8.61. The van der Waals surface area contributed by atoms with Crippen LogP contribution >= 0.6 is 11.6 Å². The number of pyridine rings is 1. The van der Waals surface area contributed by atoms with E-state index in [0.717, 1.165) is 18.3 Å². The van der Waals surface area contributed by atoms with Gasteiger partial charge < -0.3 is 5.11 Å². The highest BCUT2D eigenvalue weighted by molar-refractivity contribution is 6.32. The molecule has 1 aromatic heterocycles. The van der Waals surface area contributed by atoms with Gasteiger partial charge in [0.25, 0.3) is 0 Å². The number of rotatable bonds is 2. The highest BCUT2D eigenvalue weighted by atomic mass is 35.5. The number of hydrogen-bond acceptors (Lipinski definition) is 2. The summed E-state index contributed by atoms with van der Waals surface area (Å²) in [7, 11) is 0. The molecule has 0 saturated carbocycles. The van der Waals surface area contributed by atoms with E-state index in [1.807, 2.05) is 0 Å². The van der Waals surface area contributed by atoms with Crippen LogP contribution in [0, 0.1) is 5.82 Å². The zero-order chi connectivity index (χ0) is 15.8. The Labute approximate surface area is 120 Å². The third kappa shape index (κ3) is 3.13. The molecule has 2 aromatic rings. The van der Waals surface area contributed by atoms with E-state index in [4.69, 9.17) is 16.7 Å². The molecule has 8 heteroatoms. The van der Waals surface area contributed by atoms with Gasteiger partial charge >= 0.3 is 12.1 Å². The molecule has 2 rings (SSSR count). The third-order valence-corrected chi connectivity index (χ3v) is 2.98. The Morgan fingerprint density at radius 2 is 1.86 bits per heavy atom. The lowest BCUT2D eigenvalue weighted by Crippen LogP contribution is -2.08. The summed E-state index contributed by atoms with van der Waals surface area (Å²) in [5.74, 6) is -2.78. The molecule has 1 aromatic carbocycles. The summed E-state index contributed by atoms with van der Waals surface area (Å²) >= 11 is 5.58. The molecule has 1 N–H and O–H groups in total. The van der Waals surface area contributed by atoms with Gasteiger partial charge in [0.1, 0.15) is 11.0 Å². The molecule has 0 fully saturated rings. The van der Waals surface area contributed by atoms with E-state index in [1.54, 1.807) is 0 Å². The van der Waals surface area contributed by atoms with Crippen molar-refractivity contribution in [3.05, 3.63) is 52.6 Å². The molecule has 3 nitrogen and oxygen atoms in total. The zero-order valence-electron chi connectivity index (χ0n) is 10.1. The molecule has 0 aliphatic heterocycles. The van der Waals surface area contributed by atoms with E-state index in [-0.39, 0.29) is 21.8 Å². The van der Waals surface area contributed by atoms with Gasteiger partial charge in [0.05, 0.1) is 11.1 Å². The Hall–Kier alpha value is -2.15. The van der Waals surface area contributed by atoms with Gasteiger partial charge in [-0.1, -0.05) is 17.7 Å². The average molecular weight is 320 g/mol. The molecule has 21 heavy (non-hydrogen) atoms. The van der Waals surface area contributed by atoms with Crippen LogP contribution in [0.4, 0.5) is 17.6 Å². The van der Waals surface area contributed by atoms with Crippen molar-refractivity contribution in [2.45, 2.75) is 6.18 Å². The Bertz CT molecular complexity index is 716. The van der Waals surface area contributed by atoms with Crippen LogP contribution in [-0.2, 0) is 6.18 Å². The zero-order valence-corrected chi connectivity index (χ0v) is 10.8. The number of benzene rings is 1. The maximum atomic E-state index is 13.2. The first-order valence-corrected chi connectivity index (χ1v) is 5.84. The molecule has 1 heterocycles. The molecule has 0 spiro atoms. The highest BCUT2D eigenvalue weighted by Crippen LogP contribution is 2.34. The minimum Gasteiger partial charge on any atom is -0.478 e. The Morgan fingerprint density at radius 1 is 1.19 bits per heavy atom. The van der Waals surface area contributed by atoms with Gasteiger partial charge in [-0.25, -0.2) is 14.2 Å². The van der Waals surface area contributed by atoms with Gasteiger partial charge in [0, 0.05) is 11.8 Å². The Morgan fingerprint density at radius 3 is 2.43 bits per heavy atom. The molecule has 0 amide bonds. The van der Waals surface area contributed by atoms with E-state index in [0.29, 0.717) is 12.1 Å². The molecule has 0 radical (unpaired) electrons. The summed E-state index contributed by atoms with van der Waals surface area (Å²) in [5.41, 5.74) is -1.73. The Kier molecular flexibility index (Phi) is 3.87. The van der Waals surface area contributed by atoms with Crippen LogP contribution in [0.1, 0.15) is 15.9 Å². The van der Waals surface area contributed by atoms with Crippen LogP contribution in [0.25, 0.3) is 11.1 Å². The first kappa shape index (κ1) is 15.2. The van der Waals surface area contributed by atoms with Gasteiger partial charge in [-0.3, -0.25) is 0 Å². The number of alkyl halides is 3. The maximum absolute atomic E-state index is 13.2. The molecule has 0 saturated heterocycles. The smallest absolute Gasteiger partial charge is 0.419 e. The molecular formula is C13H6ClF4NO2. The van der Waals surface area contributed by atoms with E-state index < -0.39 is 23.5 Å². The van der Waals surface area contributed by atoms with Crippen molar-refractivity contribution in [1.29, 1.82) is 0 Å². The SMILES string of the molecule is O=C(O)c1cc(-c2ccc(F)c(C(F)(F)F)c2)cnc1Cl. The topological polar surface area (TPSA) is 50.2 Å². The number of halogens is 5. The van der Waals surface area contributed by atoms with Gasteiger partial charge in [-0.15, -0.1) is 0 Å². The number of carbonyl (C=O) groups is 1. The van der Waals surface area contributed by atoms with Crippen molar-refractivity contribution < 1.29 is 27.5 Å². The van der Waals surface area contributed by atoms with E-state index in [1.165, 1.54) is 0 Å².